The smallest absolute Gasteiger partial charge is 0.339 e. The topological polar surface area (TPSA) is 70.7 Å². The molecule has 0 saturated carbocycles. The molecule has 4 heteroatoms. The van der Waals surface area contributed by atoms with Crippen molar-refractivity contribution in [2.24, 2.45) is 0 Å². The first-order chi connectivity index (χ1) is 4.20. The van der Waals surface area contributed by atoms with Crippen LogP contribution in [0.2, 0.25) is 0 Å². The molecule has 0 radical (unpaired) electrons. The maximum absolute atomic E-state index is 10.2. The number of rotatable bonds is 0. The third-order valence-corrected chi connectivity index (χ3v) is 0.804. The van der Waals surface area contributed by atoms with Gasteiger partial charge in [0, 0.05) is 0 Å². The molecule has 9 heavy (non-hydrogen) atoms. The fourth-order valence-electron chi connectivity index (χ4n) is 0.394. The number of aromatic hydroxyl groups is 2. The zero-order valence-electron chi connectivity index (χ0n) is 4.37. The molecule has 0 aliphatic heterocycles. The van der Waals surface area contributed by atoms with Gasteiger partial charge in [-0.25, -0.2) is 4.79 Å². The van der Waals surface area contributed by atoms with Crippen molar-refractivity contribution in [1.29, 1.82) is 0 Å². The van der Waals surface area contributed by atoms with Crippen LogP contribution in [0.25, 0.3) is 0 Å². The van der Waals surface area contributed by atoms with Crippen LogP contribution in [0.4, 0.5) is 0 Å². The van der Waals surface area contributed by atoms with E-state index in [1.165, 1.54) is 0 Å². The van der Waals surface area contributed by atoms with Gasteiger partial charge in [0.05, 0.1) is 6.07 Å². The Bertz CT molecular complexity index is 262. The van der Waals surface area contributed by atoms with Gasteiger partial charge >= 0.3 is 5.63 Å². The van der Waals surface area contributed by atoms with Crippen LogP contribution in [-0.2, 0) is 0 Å². The molecule has 1 rings (SSSR count). The summed E-state index contributed by atoms with van der Waals surface area (Å²) in [5.41, 5.74) is -0.690. The molecule has 0 fully saturated rings. The fourth-order valence-corrected chi connectivity index (χ4v) is 0.394. The summed E-state index contributed by atoms with van der Waals surface area (Å²) in [5, 5.41) is 17.2. The molecule has 0 amide bonds. The Morgan fingerprint density at radius 3 is 2.44 bits per heavy atom. The second-order valence-electron chi connectivity index (χ2n) is 1.47. The van der Waals surface area contributed by atoms with Gasteiger partial charge in [0.1, 0.15) is 6.26 Å². The van der Waals surface area contributed by atoms with Crippen LogP contribution >= 0.6 is 0 Å². The number of hydrogen-bond donors (Lipinski definition) is 2. The van der Waals surface area contributed by atoms with Crippen molar-refractivity contribution >= 4 is 0 Å². The highest BCUT2D eigenvalue weighted by Crippen LogP contribution is 2.19. The fraction of sp³-hybridized carbons (Fsp3) is 0. The summed E-state index contributed by atoms with van der Waals surface area (Å²) >= 11 is 0. The number of hydrogen-bond acceptors (Lipinski definition) is 4. The highest BCUT2D eigenvalue weighted by atomic mass is 16.4. The van der Waals surface area contributed by atoms with Crippen LogP contribution < -0.4 is 5.63 Å². The first-order valence-electron chi connectivity index (χ1n) is 2.21. The van der Waals surface area contributed by atoms with Gasteiger partial charge in [-0.1, -0.05) is 0 Å². The summed E-state index contributed by atoms with van der Waals surface area (Å²) in [4.78, 5) is 10.2. The van der Waals surface area contributed by atoms with E-state index in [4.69, 9.17) is 10.2 Å². The van der Waals surface area contributed by atoms with Crippen molar-refractivity contribution in [1.82, 2.24) is 0 Å². The van der Waals surface area contributed by atoms with Crippen molar-refractivity contribution in [2.45, 2.75) is 0 Å². The Balaban J connectivity index is 3.34. The van der Waals surface area contributed by atoms with E-state index >= 15 is 0 Å². The monoisotopic (exact) mass is 128 g/mol. The molecular weight excluding hydrogens is 124 g/mol. The Morgan fingerprint density at radius 2 is 2.00 bits per heavy atom. The lowest BCUT2D eigenvalue weighted by molar-refractivity contribution is 0.370. The van der Waals surface area contributed by atoms with E-state index < -0.39 is 17.1 Å². The van der Waals surface area contributed by atoms with Gasteiger partial charge in [0.15, 0.2) is 11.5 Å². The predicted octanol–water partition coefficient (Wildman–Crippen LogP) is 0.0510. The van der Waals surface area contributed by atoms with E-state index in [2.05, 4.69) is 4.42 Å². The van der Waals surface area contributed by atoms with Crippen LogP contribution in [0.3, 0.4) is 0 Å². The van der Waals surface area contributed by atoms with Crippen LogP contribution in [0, 0.1) is 0 Å². The summed E-state index contributed by atoms with van der Waals surface area (Å²) < 4.78 is 4.17. The molecule has 0 unspecified atom stereocenters. The zero-order chi connectivity index (χ0) is 6.85. The lowest BCUT2D eigenvalue weighted by atomic mass is 10.4. The third-order valence-electron chi connectivity index (χ3n) is 0.804. The lowest BCUT2D eigenvalue weighted by Gasteiger charge is -1.90. The summed E-state index contributed by atoms with van der Waals surface area (Å²) in [7, 11) is 0. The minimum Gasteiger partial charge on any atom is -0.504 e. The molecule has 1 heterocycles. The lowest BCUT2D eigenvalue weighted by Crippen LogP contribution is -1.92. The van der Waals surface area contributed by atoms with Crippen molar-refractivity contribution < 1.29 is 14.6 Å². The zero-order valence-corrected chi connectivity index (χ0v) is 4.37. The van der Waals surface area contributed by atoms with Crippen molar-refractivity contribution in [3.05, 3.63) is 22.7 Å². The van der Waals surface area contributed by atoms with E-state index in [1.54, 1.807) is 0 Å². The second-order valence-corrected chi connectivity index (χ2v) is 1.47. The maximum atomic E-state index is 10.2. The molecule has 1 aromatic heterocycles. The summed E-state index contributed by atoms with van der Waals surface area (Å²) in [6, 6.07) is 0.787. The van der Waals surface area contributed by atoms with Gasteiger partial charge < -0.3 is 14.6 Å². The average Bonchev–Trinajstić information content (AvgIpc) is 1.80. The molecule has 0 bridgehead atoms. The van der Waals surface area contributed by atoms with Crippen molar-refractivity contribution in [2.75, 3.05) is 0 Å². The molecule has 0 aliphatic rings. The van der Waals surface area contributed by atoms with E-state index in [-0.39, 0.29) is 0 Å². The predicted molar refractivity (Wildman–Crippen MR) is 28.3 cm³/mol. The molecule has 1 aromatic rings. The largest absolute Gasteiger partial charge is 0.504 e. The summed E-state index contributed by atoms with van der Waals surface area (Å²) in [6.07, 6.45) is 0.775. The molecule has 0 aliphatic carbocycles. The van der Waals surface area contributed by atoms with E-state index in [0.29, 0.717) is 0 Å². The van der Waals surface area contributed by atoms with E-state index in [9.17, 15) is 4.79 Å². The van der Waals surface area contributed by atoms with Crippen LogP contribution in [-0.4, -0.2) is 10.2 Å². The minimum atomic E-state index is -0.690. The molecule has 0 atom stereocenters. The molecule has 0 aromatic carbocycles. The Hall–Kier alpha value is -1.45. The summed E-state index contributed by atoms with van der Waals surface area (Å²) in [5.74, 6) is -0.902. The van der Waals surface area contributed by atoms with Crippen molar-refractivity contribution in [3.63, 3.8) is 0 Å². The van der Waals surface area contributed by atoms with Crippen LogP contribution in [0.1, 0.15) is 0 Å². The molecule has 48 valence electrons. The molecule has 0 saturated heterocycles. The third kappa shape index (κ3) is 1.02. The van der Waals surface area contributed by atoms with Gasteiger partial charge in [-0.05, 0) is 0 Å². The molecule has 2 N–H and O–H groups in total. The molecule has 0 spiro atoms. The normalized spacial score (nSPS) is 9.33. The van der Waals surface area contributed by atoms with E-state index in [1.807, 2.05) is 0 Å². The highest BCUT2D eigenvalue weighted by molar-refractivity contribution is 5.31. The second kappa shape index (κ2) is 1.81. The first-order valence-corrected chi connectivity index (χ1v) is 2.21. The van der Waals surface area contributed by atoms with Gasteiger partial charge in [-0.3, -0.25) is 0 Å². The van der Waals surface area contributed by atoms with Crippen LogP contribution in [0.15, 0.2) is 21.5 Å². The van der Waals surface area contributed by atoms with E-state index in [0.717, 1.165) is 12.3 Å². The average molecular weight is 128 g/mol. The van der Waals surface area contributed by atoms with Gasteiger partial charge in [0.25, 0.3) is 0 Å². The van der Waals surface area contributed by atoms with Crippen LogP contribution in [0.5, 0.6) is 11.5 Å². The highest BCUT2D eigenvalue weighted by Gasteiger charge is 1.97. The molecular formula is C5H4O4. The SMILES string of the molecule is O=c1cc(O)c(O)co1. The van der Waals surface area contributed by atoms with Gasteiger partial charge in [0.2, 0.25) is 0 Å². The first kappa shape index (κ1) is 5.68. The van der Waals surface area contributed by atoms with Gasteiger partial charge in [-0.15, -0.1) is 0 Å². The van der Waals surface area contributed by atoms with Gasteiger partial charge in [-0.2, -0.15) is 0 Å². The standard InChI is InChI=1S/C5H4O4/c6-3-1-5(8)9-2-4(3)7/h1-2,6-7H. The molecule has 4 nitrogen and oxygen atoms in total. The Kier molecular flexibility index (Phi) is 1.14. The van der Waals surface area contributed by atoms with Crippen molar-refractivity contribution in [3.8, 4) is 11.5 Å². The summed E-state index contributed by atoms with van der Waals surface area (Å²) in [6.45, 7) is 0. The Morgan fingerprint density at radius 1 is 1.33 bits per heavy atom. The maximum Gasteiger partial charge on any atom is 0.339 e. The minimum absolute atomic E-state index is 0.436. The Labute approximate surface area is 50.0 Å². The quantitative estimate of drug-likeness (QED) is 0.518.